The number of nitrogens with zero attached hydrogens (tertiary/aromatic N) is 2. The Morgan fingerprint density at radius 2 is 1.90 bits per heavy atom. The third-order valence-corrected chi connectivity index (χ3v) is 3.47. The second-order valence-electron chi connectivity index (χ2n) is 4.87. The maximum atomic E-state index is 13.3. The van der Waals surface area contributed by atoms with E-state index in [0.717, 1.165) is 30.0 Å². The second-order valence-corrected chi connectivity index (χ2v) is 4.87. The summed E-state index contributed by atoms with van der Waals surface area (Å²) >= 11 is 0. The largest absolute Gasteiger partial charge is 0.372 e. The van der Waals surface area contributed by atoms with E-state index in [1.807, 2.05) is 19.1 Å². The van der Waals surface area contributed by atoms with Gasteiger partial charge < -0.3 is 4.90 Å². The molecule has 0 N–H and O–H groups in total. The highest BCUT2D eigenvalue weighted by Crippen LogP contribution is 2.25. The van der Waals surface area contributed by atoms with E-state index >= 15 is 0 Å². The lowest BCUT2D eigenvalue weighted by atomic mass is 10.1. The highest BCUT2D eigenvalue weighted by atomic mass is 19.1. The van der Waals surface area contributed by atoms with Crippen molar-refractivity contribution in [3.8, 4) is 0 Å². The van der Waals surface area contributed by atoms with E-state index in [1.165, 1.54) is 18.2 Å². The van der Waals surface area contributed by atoms with Crippen LogP contribution in [0.15, 0.2) is 47.2 Å². The van der Waals surface area contributed by atoms with Gasteiger partial charge in [0, 0.05) is 24.9 Å². The molecule has 21 heavy (non-hydrogen) atoms. The summed E-state index contributed by atoms with van der Waals surface area (Å²) in [5.41, 5.74) is 3.40. The van der Waals surface area contributed by atoms with Gasteiger partial charge in [-0.05, 0) is 56.7 Å². The first kappa shape index (κ1) is 15.2. The number of aryl methyl sites for hydroxylation is 1. The standard InChI is InChI=1S/C17H19FN2O/c1-4-20(5-2)14-7-8-16(12(3)10-14)19-13-6-9-17(21)15(18)11-13/h6-11H,4-5H2,1-3H3. The summed E-state index contributed by atoms with van der Waals surface area (Å²) in [5, 5.41) is 0. The summed E-state index contributed by atoms with van der Waals surface area (Å²) in [6.45, 7) is 8.10. The first-order valence-electron chi connectivity index (χ1n) is 7.09. The Morgan fingerprint density at radius 3 is 2.48 bits per heavy atom. The van der Waals surface area contributed by atoms with Crippen LogP contribution in [0.2, 0.25) is 0 Å². The summed E-state index contributed by atoms with van der Waals surface area (Å²) in [6, 6.07) is 6.01. The normalized spacial score (nSPS) is 16.3. The minimum atomic E-state index is -0.770. The molecular weight excluding hydrogens is 267 g/mol. The minimum absolute atomic E-state index is 0.450. The Labute approximate surface area is 124 Å². The van der Waals surface area contributed by atoms with E-state index in [-0.39, 0.29) is 0 Å². The Bertz CT molecular complexity index is 640. The molecule has 4 heteroatoms. The number of allylic oxidation sites excluding steroid dienone is 4. The summed E-state index contributed by atoms with van der Waals surface area (Å²) in [6.07, 6.45) is 3.90. The van der Waals surface area contributed by atoms with Gasteiger partial charge in [0.1, 0.15) is 0 Å². The molecule has 0 atom stereocenters. The molecule has 0 aromatic heterocycles. The van der Waals surface area contributed by atoms with Gasteiger partial charge in [0.15, 0.2) is 5.83 Å². The van der Waals surface area contributed by atoms with Gasteiger partial charge in [-0.2, -0.15) is 0 Å². The van der Waals surface area contributed by atoms with E-state index in [9.17, 15) is 9.18 Å². The quantitative estimate of drug-likeness (QED) is 0.786. The number of anilines is 1. The topological polar surface area (TPSA) is 32.7 Å². The molecule has 0 aliphatic heterocycles. The van der Waals surface area contributed by atoms with Gasteiger partial charge in [-0.15, -0.1) is 0 Å². The molecule has 1 aromatic rings. The maximum Gasteiger partial charge on any atom is 0.214 e. The van der Waals surface area contributed by atoms with Crippen molar-refractivity contribution in [3.05, 3.63) is 47.8 Å². The molecule has 110 valence electrons. The highest BCUT2D eigenvalue weighted by molar-refractivity contribution is 6.18. The number of aliphatic imine (C=N–C) groups is 1. The number of hydrogen-bond acceptors (Lipinski definition) is 3. The lowest BCUT2D eigenvalue weighted by molar-refractivity contribution is -0.112. The van der Waals surface area contributed by atoms with Gasteiger partial charge in [-0.1, -0.05) is 0 Å². The molecule has 0 heterocycles. The van der Waals surface area contributed by atoms with Crippen molar-refractivity contribution in [2.75, 3.05) is 18.0 Å². The Kier molecular flexibility index (Phi) is 4.68. The molecular formula is C17H19FN2O. The summed E-state index contributed by atoms with van der Waals surface area (Å²) in [5.74, 6) is -1.38. The van der Waals surface area contributed by atoms with Crippen LogP contribution in [-0.2, 0) is 4.79 Å². The lowest BCUT2D eigenvalue weighted by Crippen LogP contribution is -2.21. The SMILES string of the molecule is CCN(CC)c1ccc(N=C2C=CC(=O)C(F)=C2)c(C)c1. The molecule has 0 fully saturated rings. The predicted molar refractivity (Wildman–Crippen MR) is 85.2 cm³/mol. The smallest absolute Gasteiger partial charge is 0.214 e. The number of halogens is 1. The molecule has 1 aliphatic carbocycles. The number of hydrogen-bond donors (Lipinski definition) is 0. The first-order valence-corrected chi connectivity index (χ1v) is 7.09. The lowest BCUT2D eigenvalue weighted by Gasteiger charge is -2.21. The molecule has 1 aromatic carbocycles. The van der Waals surface area contributed by atoms with Crippen LogP contribution in [0, 0.1) is 6.92 Å². The van der Waals surface area contributed by atoms with E-state index in [2.05, 4.69) is 29.8 Å². The van der Waals surface area contributed by atoms with Crippen LogP contribution in [0.1, 0.15) is 19.4 Å². The van der Waals surface area contributed by atoms with Gasteiger partial charge >= 0.3 is 0 Å². The van der Waals surface area contributed by atoms with Gasteiger partial charge in [0.2, 0.25) is 5.78 Å². The first-order chi connectivity index (χ1) is 10.0. The van der Waals surface area contributed by atoms with Crippen molar-refractivity contribution in [2.24, 2.45) is 4.99 Å². The average molecular weight is 286 g/mol. The molecule has 0 bridgehead atoms. The summed E-state index contributed by atoms with van der Waals surface area (Å²) in [4.78, 5) is 17.7. The highest BCUT2D eigenvalue weighted by Gasteiger charge is 2.11. The average Bonchev–Trinajstić information content (AvgIpc) is 2.47. The second kappa shape index (κ2) is 6.48. The van der Waals surface area contributed by atoms with Crippen LogP contribution in [0.25, 0.3) is 0 Å². The van der Waals surface area contributed by atoms with E-state index in [1.54, 1.807) is 0 Å². The number of ketones is 1. The summed E-state index contributed by atoms with van der Waals surface area (Å²) < 4.78 is 13.3. The molecule has 0 saturated carbocycles. The Morgan fingerprint density at radius 1 is 1.19 bits per heavy atom. The number of rotatable bonds is 4. The zero-order valence-corrected chi connectivity index (χ0v) is 12.6. The molecule has 0 unspecified atom stereocenters. The van der Waals surface area contributed by atoms with Crippen LogP contribution in [0.4, 0.5) is 15.8 Å². The van der Waals surface area contributed by atoms with E-state index in [0.29, 0.717) is 5.71 Å². The number of benzene rings is 1. The van der Waals surface area contributed by atoms with Crippen LogP contribution < -0.4 is 4.90 Å². The number of carbonyl (C=O) groups is 1. The fraction of sp³-hybridized carbons (Fsp3) is 0.294. The third kappa shape index (κ3) is 3.45. The Hall–Kier alpha value is -2.23. The zero-order valence-electron chi connectivity index (χ0n) is 12.6. The van der Waals surface area contributed by atoms with Crippen molar-refractivity contribution >= 4 is 22.9 Å². The van der Waals surface area contributed by atoms with Gasteiger partial charge in [0.25, 0.3) is 0 Å². The third-order valence-electron chi connectivity index (χ3n) is 3.47. The molecule has 0 saturated heterocycles. The zero-order chi connectivity index (χ0) is 15.4. The fourth-order valence-electron chi connectivity index (χ4n) is 2.25. The minimum Gasteiger partial charge on any atom is -0.372 e. The molecule has 2 rings (SSSR count). The van der Waals surface area contributed by atoms with Crippen molar-refractivity contribution in [2.45, 2.75) is 20.8 Å². The molecule has 1 aliphatic rings. The monoisotopic (exact) mass is 286 g/mol. The molecule has 0 radical (unpaired) electrons. The molecule has 3 nitrogen and oxygen atoms in total. The number of carbonyl (C=O) groups excluding carboxylic acids is 1. The van der Waals surface area contributed by atoms with Crippen molar-refractivity contribution < 1.29 is 9.18 Å². The molecule has 0 spiro atoms. The maximum absolute atomic E-state index is 13.3. The fourth-order valence-corrected chi connectivity index (χ4v) is 2.25. The van der Waals surface area contributed by atoms with Crippen LogP contribution >= 0.6 is 0 Å². The van der Waals surface area contributed by atoms with Gasteiger partial charge in [-0.3, -0.25) is 4.79 Å². The Balaban J connectivity index is 2.30. The van der Waals surface area contributed by atoms with E-state index in [4.69, 9.17) is 0 Å². The van der Waals surface area contributed by atoms with Crippen LogP contribution in [-0.4, -0.2) is 24.6 Å². The van der Waals surface area contributed by atoms with E-state index < -0.39 is 11.6 Å². The molecule has 0 amide bonds. The van der Waals surface area contributed by atoms with Crippen LogP contribution in [0.5, 0.6) is 0 Å². The van der Waals surface area contributed by atoms with Crippen molar-refractivity contribution in [3.63, 3.8) is 0 Å². The van der Waals surface area contributed by atoms with Crippen molar-refractivity contribution in [1.29, 1.82) is 0 Å². The van der Waals surface area contributed by atoms with Crippen molar-refractivity contribution in [1.82, 2.24) is 0 Å². The van der Waals surface area contributed by atoms with Gasteiger partial charge in [-0.25, -0.2) is 9.38 Å². The van der Waals surface area contributed by atoms with Gasteiger partial charge in [0.05, 0.1) is 11.4 Å². The predicted octanol–water partition coefficient (Wildman–Crippen LogP) is 3.91. The summed E-state index contributed by atoms with van der Waals surface area (Å²) in [7, 11) is 0. The van der Waals surface area contributed by atoms with Crippen LogP contribution in [0.3, 0.4) is 0 Å².